The summed E-state index contributed by atoms with van der Waals surface area (Å²) in [7, 11) is 4.33. The van der Waals surface area contributed by atoms with Gasteiger partial charge in [0.05, 0.1) is 22.7 Å². The standard InChI is InChI=1S/C26H22N2/c1-27-24-15-9-14-22(20-12-7-4-8-13-20)26(24)28(2)23-17-16-21(18-25(23)27)19-10-5-3-6-11-19/h3-18H,1-2H3. The zero-order chi connectivity index (χ0) is 19.1. The molecular formula is C26H22N2. The molecule has 2 nitrogen and oxygen atoms in total. The fourth-order valence-corrected chi connectivity index (χ4v) is 4.14. The van der Waals surface area contributed by atoms with Crippen LogP contribution in [0.3, 0.4) is 0 Å². The van der Waals surface area contributed by atoms with E-state index in [0.29, 0.717) is 0 Å². The van der Waals surface area contributed by atoms with E-state index in [2.05, 4.69) is 121 Å². The van der Waals surface area contributed by atoms with Crippen LogP contribution in [0.25, 0.3) is 22.3 Å². The van der Waals surface area contributed by atoms with E-state index in [1.165, 1.54) is 45.0 Å². The smallest absolute Gasteiger partial charge is 0.0729 e. The van der Waals surface area contributed by atoms with Crippen LogP contribution in [0.5, 0.6) is 0 Å². The fourth-order valence-electron chi connectivity index (χ4n) is 4.14. The SMILES string of the molecule is CN1c2cc(-c3ccccc3)ccc2N(C)c2c(-c3ccccc3)cccc21. The second-order valence-corrected chi connectivity index (χ2v) is 7.23. The normalized spacial score (nSPS) is 12.5. The molecule has 1 heterocycles. The molecule has 0 unspecified atom stereocenters. The number of hydrogen-bond acceptors (Lipinski definition) is 2. The summed E-state index contributed by atoms with van der Waals surface area (Å²) in [4.78, 5) is 4.63. The van der Waals surface area contributed by atoms with Crippen LogP contribution in [0.1, 0.15) is 0 Å². The maximum Gasteiger partial charge on any atom is 0.0729 e. The van der Waals surface area contributed by atoms with Crippen molar-refractivity contribution < 1.29 is 0 Å². The first-order chi connectivity index (χ1) is 13.7. The lowest BCUT2D eigenvalue weighted by Crippen LogP contribution is -2.24. The van der Waals surface area contributed by atoms with Gasteiger partial charge in [0.25, 0.3) is 0 Å². The number of fused-ring (bicyclic) bond motifs is 2. The third kappa shape index (κ3) is 2.57. The average Bonchev–Trinajstić information content (AvgIpc) is 2.78. The number of nitrogens with zero attached hydrogens (tertiary/aromatic N) is 2. The lowest BCUT2D eigenvalue weighted by atomic mass is 9.97. The maximum absolute atomic E-state index is 2.32. The van der Waals surface area contributed by atoms with E-state index in [1.54, 1.807) is 0 Å². The number of rotatable bonds is 2. The predicted octanol–water partition coefficient (Wildman–Crippen LogP) is 6.87. The van der Waals surface area contributed by atoms with Crippen molar-refractivity contribution in [3.8, 4) is 22.3 Å². The third-order valence-corrected chi connectivity index (χ3v) is 5.60. The van der Waals surface area contributed by atoms with E-state index in [0.717, 1.165) is 0 Å². The molecule has 0 N–H and O–H groups in total. The van der Waals surface area contributed by atoms with Crippen molar-refractivity contribution >= 4 is 22.7 Å². The quantitative estimate of drug-likeness (QED) is 0.384. The topological polar surface area (TPSA) is 6.48 Å². The average molecular weight is 362 g/mol. The van der Waals surface area contributed by atoms with E-state index in [1.807, 2.05) is 0 Å². The maximum atomic E-state index is 2.32. The Balaban J connectivity index is 1.67. The summed E-state index contributed by atoms with van der Waals surface area (Å²) in [6.45, 7) is 0. The monoisotopic (exact) mass is 362 g/mol. The van der Waals surface area contributed by atoms with Gasteiger partial charge in [-0.1, -0.05) is 78.9 Å². The molecule has 4 aromatic carbocycles. The summed E-state index contributed by atoms with van der Waals surface area (Å²) in [5.74, 6) is 0. The molecule has 0 saturated carbocycles. The summed E-state index contributed by atoms with van der Waals surface area (Å²) in [5, 5.41) is 0. The predicted molar refractivity (Wildman–Crippen MR) is 120 cm³/mol. The molecule has 0 spiro atoms. The summed E-state index contributed by atoms with van der Waals surface area (Å²) < 4.78 is 0. The molecule has 0 atom stereocenters. The van der Waals surface area contributed by atoms with E-state index in [-0.39, 0.29) is 0 Å². The Kier molecular flexibility index (Phi) is 3.91. The minimum Gasteiger partial charge on any atom is -0.341 e. The first-order valence-corrected chi connectivity index (χ1v) is 9.59. The van der Waals surface area contributed by atoms with Gasteiger partial charge in [0.2, 0.25) is 0 Å². The molecule has 0 saturated heterocycles. The lowest BCUT2D eigenvalue weighted by molar-refractivity contribution is 1.10. The van der Waals surface area contributed by atoms with Crippen molar-refractivity contribution in [1.82, 2.24) is 0 Å². The molecule has 0 fully saturated rings. The van der Waals surface area contributed by atoms with Gasteiger partial charge in [0, 0.05) is 19.7 Å². The van der Waals surface area contributed by atoms with Crippen LogP contribution in [0.2, 0.25) is 0 Å². The van der Waals surface area contributed by atoms with Crippen LogP contribution in [0.4, 0.5) is 22.7 Å². The molecule has 0 aromatic heterocycles. The molecule has 5 rings (SSSR count). The zero-order valence-electron chi connectivity index (χ0n) is 16.1. The van der Waals surface area contributed by atoms with E-state index < -0.39 is 0 Å². The number of benzene rings is 4. The van der Waals surface area contributed by atoms with Crippen molar-refractivity contribution in [2.45, 2.75) is 0 Å². The van der Waals surface area contributed by atoms with Gasteiger partial charge in [-0.15, -0.1) is 0 Å². The lowest BCUT2D eigenvalue weighted by Gasteiger charge is -2.38. The molecular weight excluding hydrogens is 340 g/mol. The Morgan fingerprint density at radius 3 is 1.86 bits per heavy atom. The van der Waals surface area contributed by atoms with E-state index in [4.69, 9.17) is 0 Å². The Bertz CT molecular complexity index is 1130. The minimum absolute atomic E-state index is 1.22. The Labute approximate surface area is 166 Å². The Morgan fingerprint density at radius 1 is 0.464 bits per heavy atom. The summed E-state index contributed by atoms with van der Waals surface area (Å²) in [6, 6.07) is 34.5. The van der Waals surface area contributed by atoms with Crippen LogP contribution >= 0.6 is 0 Å². The molecule has 0 aliphatic carbocycles. The second kappa shape index (κ2) is 6.58. The molecule has 1 aliphatic heterocycles. The molecule has 0 bridgehead atoms. The number of hydrogen-bond donors (Lipinski definition) is 0. The van der Waals surface area contributed by atoms with Gasteiger partial charge in [-0.3, -0.25) is 0 Å². The molecule has 0 radical (unpaired) electrons. The van der Waals surface area contributed by atoms with Crippen molar-refractivity contribution in [2.24, 2.45) is 0 Å². The Hall–Kier alpha value is -3.52. The van der Waals surface area contributed by atoms with Crippen LogP contribution < -0.4 is 9.80 Å². The minimum atomic E-state index is 1.22. The van der Waals surface area contributed by atoms with Gasteiger partial charge in [-0.2, -0.15) is 0 Å². The zero-order valence-corrected chi connectivity index (χ0v) is 16.1. The summed E-state index contributed by atoms with van der Waals surface area (Å²) >= 11 is 0. The highest BCUT2D eigenvalue weighted by Crippen LogP contribution is 2.50. The molecule has 28 heavy (non-hydrogen) atoms. The van der Waals surface area contributed by atoms with Crippen molar-refractivity contribution in [1.29, 1.82) is 0 Å². The van der Waals surface area contributed by atoms with E-state index >= 15 is 0 Å². The first-order valence-electron chi connectivity index (χ1n) is 9.59. The number of para-hydroxylation sites is 1. The van der Waals surface area contributed by atoms with Gasteiger partial charge >= 0.3 is 0 Å². The van der Waals surface area contributed by atoms with Gasteiger partial charge in [0.15, 0.2) is 0 Å². The Morgan fingerprint density at radius 2 is 1.14 bits per heavy atom. The van der Waals surface area contributed by atoms with Gasteiger partial charge < -0.3 is 9.80 Å². The van der Waals surface area contributed by atoms with Crippen molar-refractivity contribution in [3.63, 3.8) is 0 Å². The molecule has 136 valence electrons. The van der Waals surface area contributed by atoms with Crippen molar-refractivity contribution in [2.75, 3.05) is 23.9 Å². The van der Waals surface area contributed by atoms with Gasteiger partial charge in [-0.05, 0) is 34.9 Å². The molecule has 4 aromatic rings. The summed E-state index contributed by atoms with van der Waals surface area (Å²) in [6.07, 6.45) is 0. The van der Waals surface area contributed by atoms with Crippen LogP contribution in [-0.2, 0) is 0 Å². The van der Waals surface area contributed by atoms with Crippen molar-refractivity contribution in [3.05, 3.63) is 97.1 Å². The van der Waals surface area contributed by atoms with Gasteiger partial charge in [-0.25, -0.2) is 0 Å². The largest absolute Gasteiger partial charge is 0.341 e. The highest BCUT2D eigenvalue weighted by atomic mass is 15.2. The number of anilines is 4. The van der Waals surface area contributed by atoms with E-state index in [9.17, 15) is 0 Å². The first kappa shape index (κ1) is 16.6. The second-order valence-electron chi connectivity index (χ2n) is 7.23. The highest BCUT2D eigenvalue weighted by Gasteiger charge is 2.26. The fraction of sp³-hybridized carbons (Fsp3) is 0.0769. The van der Waals surface area contributed by atoms with Gasteiger partial charge in [0.1, 0.15) is 0 Å². The molecule has 0 amide bonds. The van der Waals surface area contributed by atoms with Crippen LogP contribution in [-0.4, -0.2) is 14.1 Å². The summed E-state index contributed by atoms with van der Waals surface area (Å²) in [5.41, 5.74) is 9.89. The highest BCUT2D eigenvalue weighted by molar-refractivity contribution is 6.00. The molecule has 2 heteroatoms. The van der Waals surface area contributed by atoms with Crippen LogP contribution in [0, 0.1) is 0 Å². The third-order valence-electron chi connectivity index (χ3n) is 5.60. The molecule has 1 aliphatic rings. The van der Waals surface area contributed by atoms with Crippen LogP contribution in [0.15, 0.2) is 97.1 Å².